The van der Waals surface area contributed by atoms with Crippen LogP contribution in [0, 0.1) is 11.3 Å². The summed E-state index contributed by atoms with van der Waals surface area (Å²) >= 11 is 0. The zero-order valence-corrected chi connectivity index (χ0v) is 21.9. The fraction of sp³-hybridized carbons (Fsp3) is 0.833. The van der Waals surface area contributed by atoms with E-state index in [1.807, 2.05) is 20.8 Å². The van der Waals surface area contributed by atoms with Crippen LogP contribution in [-0.4, -0.2) is 45.9 Å². The van der Waals surface area contributed by atoms with Crippen LogP contribution in [0.1, 0.15) is 67.2 Å². The Morgan fingerprint density at radius 3 is 2.27 bits per heavy atom. The van der Waals surface area contributed by atoms with Gasteiger partial charge in [0.05, 0.1) is 12.0 Å². The monoisotopic (exact) mass is 442 g/mol. The maximum Gasteiger partial charge on any atom is 0.311 e. The molecule has 0 amide bonds. The lowest BCUT2D eigenvalue weighted by molar-refractivity contribution is -0.154. The van der Waals surface area contributed by atoms with Crippen LogP contribution in [0.3, 0.4) is 0 Å². The van der Waals surface area contributed by atoms with Gasteiger partial charge in [-0.2, -0.15) is 0 Å². The molecule has 0 bridgehead atoms. The number of Topliss-reactive ketones (excluding diaryl/α,β-unsaturated/α-hetero) is 1. The zero-order chi connectivity index (χ0) is 23.4. The average molecular weight is 443 g/mol. The Balaban J connectivity index is 4.15. The first-order chi connectivity index (χ1) is 13.7. The van der Waals surface area contributed by atoms with E-state index in [1.165, 1.54) is 5.57 Å². The molecule has 0 aromatic heterocycles. The van der Waals surface area contributed by atoms with Gasteiger partial charge in [0, 0.05) is 14.7 Å². The second kappa shape index (κ2) is 14.1. The predicted molar refractivity (Wildman–Crippen MR) is 126 cm³/mol. The van der Waals surface area contributed by atoms with Crippen LogP contribution in [0.4, 0.5) is 0 Å². The number of hydrogen-bond donors (Lipinski definition) is 0. The smallest absolute Gasteiger partial charge is 0.311 e. The van der Waals surface area contributed by atoms with E-state index in [4.69, 9.17) is 14.2 Å². The Labute approximate surface area is 185 Å². The van der Waals surface area contributed by atoms with Gasteiger partial charge in [0.15, 0.2) is 5.78 Å². The lowest BCUT2D eigenvalue weighted by Gasteiger charge is -2.19. The molecule has 0 radical (unpaired) electrons. The molecular formula is C24H46O5Si. The minimum absolute atomic E-state index is 0.0298. The van der Waals surface area contributed by atoms with Crippen molar-refractivity contribution in [3.05, 3.63) is 11.6 Å². The van der Waals surface area contributed by atoms with Gasteiger partial charge in [0.25, 0.3) is 0 Å². The van der Waals surface area contributed by atoms with E-state index < -0.39 is 19.6 Å². The third-order valence-corrected chi connectivity index (χ3v) is 6.57. The maximum atomic E-state index is 11.8. The highest BCUT2D eigenvalue weighted by atomic mass is 28.3. The molecule has 0 rings (SSSR count). The fourth-order valence-corrected chi connectivity index (χ4v) is 3.33. The van der Waals surface area contributed by atoms with Crippen molar-refractivity contribution >= 4 is 19.8 Å². The molecule has 0 N–H and O–H groups in total. The highest BCUT2D eigenvalue weighted by molar-refractivity contribution is 6.76. The molecule has 176 valence electrons. The molecule has 0 aromatic carbocycles. The van der Waals surface area contributed by atoms with Gasteiger partial charge >= 0.3 is 5.97 Å². The molecule has 0 aliphatic carbocycles. The molecular weight excluding hydrogens is 396 g/mol. The van der Waals surface area contributed by atoms with Crippen LogP contribution in [0.25, 0.3) is 0 Å². The largest absolute Gasteiger partial charge is 0.465 e. The summed E-state index contributed by atoms with van der Waals surface area (Å²) in [7, 11) is -1.11. The Morgan fingerprint density at radius 2 is 1.73 bits per heavy atom. The Bertz CT molecular complexity index is 543. The van der Waals surface area contributed by atoms with Crippen LogP contribution in [0.5, 0.6) is 0 Å². The third kappa shape index (κ3) is 15.8. The molecule has 0 saturated carbocycles. The molecule has 0 unspecified atom stereocenters. The lowest BCUT2D eigenvalue weighted by Crippen LogP contribution is -2.25. The Morgan fingerprint density at radius 1 is 1.10 bits per heavy atom. The van der Waals surface area contributed by atoms with Gasteiger partial charge in [-0.3, -0.25) is 9.59 Å². The summed E-state index contributed by atoms with van der Waals surface area (Å²) in [5, 5.41) is 0. The van der Waals surface area contributed by atoms with Gasteiger partial charge in [-0.25, -0.2) is 0 Å². The summed E-state index contributed by atoms with van der Waals surface area (Å²) in [4.78, 5) is 23.7. The van der Waals surface area contributed by atoms with E-state index in [1.54, 1.807) is 6.92 Å². The summed E-state index contributed by atoms with van der Waals surface area (Å²) in [6.45, 7) is 19.6. The molecule has 2 atom stereocenters. The average Bonchev–Trinajstić information content (AvgIpc) is 2.59. The van der Waals surface area contributed by atoms with Crippen LogP contribution >= 0.6 is 0 Å². The summed E-state index contributed by atoms with van der Waals surface area (Å²) in [5.74, 6) is 0.220. The highest BCUT2D eigenvalue weighted by Gasteiger charge is 2.23. The predicted octanol–water partition coefficient (Wildman–Crippen LogP) is 6.01. The molecule has 0 aromatic rings. The number of rotatable bonds is 15. The highest BCUT2D eigenvalue weighted by Crippen LogP contribution is 2.18. The van der Waals surface area contributed by atoms with Crippen LogP contribution in [0.15, 0.2) is 11.6 Å². The van der Waals surface area contributed by atoms with Crippen molar-refractivity contribution < 1.29 is 23.8 Å². The van der Waals surface area contributed by atoms with Gasteiger partial charge in [0.2, 0.25) is 0 Å². The summed E-state index contributed by atoms with van der Waals surface area (Å²) in [6.07, 6.45) is 5.23. The number of ether oxygens (including phenoxy) is 3. The van der Waals surface area contributed by atoms with E-state index in [9.17, 15) is 9.59 Å². The van der Waals surface area contributed by atoms with E-state index >= 15 is 0 Å². The second-order valence-electron chi connectivity index (χ2n) is 10.7. The Hall–Kier alpha value is -0.983. The van der Waals surface area contributed by atoms with E-state index in [0.29, 0.717) is 25.6 Å². The van der Waals surface area contributed by atoms with Crippen LogP contribution in [-0.2, 0) is 23.8 Å². The van der Waals surface area contributed by atoms with Crippen molar-refractivity contribution in [3.8, 4) is 0 Å². The number of esters is 1. The first kappa shape index (κ1) is 29.0. The van der Waals surface area contributed by atoms with Gasteiger partial charge in [0.1, 0.15) is 12.9 Å². The van der Waals surface area contributed by atoms with Crippen molar-refractivity contribution in [2.45, 2.75) is 99.0 Å². The van der Waals surface area contributed by atoms with Gasteiger partial charge in [-0.05, 0) is 72.3 Å². The third-order valence-electron chi connectivity index (χ3n) is 4.86. The molecule has 0 aliphatic heterocycles. The van der Waals surface area contributed by atoms with Gasteiger partial charge < -0.3 is 14.2 Å². The van der Waals surface area contributed by atoms with Crippen molar-refractivity contribution in [3.63, 3.8) is 0 Å². The minimum atomic E-state index is -1.11. The molecule has 6 heteroatoms. The van der Waals surface area contributed by atoms with Gasteiger partial charge in [-0.15, -0.1) is 0 Å². The number of ketones is 1. The topological polar surface area (TPSA) is 61.8 Å². The molecule has 30 heavy (non-hydrogen) atoms. The maximum absolute atomic E-state index is 11.8. The lowest BCUT2D eigenvalue weighted by atomic mass is 9.97. The van der Waals surface area contributed by atoms with Crippen molar-refractivity contribution in [1.82, 2.24) is 0 Å². The molecule has 0 fully saturated rings. The second-order valence-corrected chi connectivity index (χ2v) is 16.4. The summed E-state index contributed by atoms with van der Waals surface area (Å²) in [5.41, 5.74) is 0.802. The Kier molecular flexibility index (Phi) is 13.7. The molecule has 5 nitrogen and oxygen atoms in total. The first-order valence-corrected chi connectivity index (χ1v) is 15.0. The zero-order valence-electron chi connectivity index (χ0n) is 20.9. The molecule has 0 heterocycles. The molecule has 0 spiro atoms. The van der Waals surface area contributed by atoms with E-state index in [2.05, 4.69) is 39.6 Å². The normalized spacial score (nSPS) is 15.0. The SMILES string of the molecule is CC(=O)[C@H](C/C=C(/C)CCC[C@H](C)COC(=O)C(C)(C)C)OCOCC[Si](C)(C)C. The molecule has 0 saturated heterocycles. The standard InChI is InChI=1S/C24H46O5Si/c1-19(11-10-12-20(2)17-28-23(26)24(4,5)6)13-14-22(21(3)25)29-18-27-15-16-30(7,8)9/h13,20,22H,10-12,14-18H2,1-9H3/b19-13-/t20-,22-/m0/s1. The van der Waals surface area contributed by atoms with E-state index in [0.717, 1.165) is 25.3 Å². The summed E-state index contributed by atoms with van der Waals surface area (Å²) < 4.78 is 16.6. The number of hydrogen-bond acceptors (Lipinski definition) is 5. The van der Waals surface area contributed by atoms with Crippen molar-refractivity contribution in [2.75, 3.05) is 20.0 Å². The van der Waals surface area contributed by atoms with Gasteiger partial charge in [-0.1, -0.05) is 38.2 Å². The molecule has 0 aliphatic rings. The van der Waals surface area contributed by atoms with E-state index in [-0.39, 0.29) is 18.5 Å². The quantitative estimate of drug-likeness (QED) is 0.102. The summed E-state index contributed by atoms with van der Waals surface area (Å²) in [6, 6.07) is 1.09. The number of carbonyl (C=O) groups is 2. The van der Waals surface area contributed by atoms with Crippen LogP contribution in [0.2, 0.25) is 25.7 Å². The van der Waals surface area contributed by atoms with Crippen LogP contribution < -0.4 is 0 Å². The van der Waals surface area contributed by atoms with Crippen molar-refractivity contribution in [2.24, 2.45) is 11.3 Å². The number of carbonyl (C=O) groups excluding carboxylic acids is 2. The first-order valence-electron chi connectivity index (χ1n) is 11.2. The fourth-order valence-electron chi connectivity index (χ4n) is 2.58. The minimum Gasteiger partial charge on any atom is -0.465 e. The van der Waals surface area contributed by atoms with Crippen molar-refractivity contribution in [1.29, 1.82) is 0 Å². The number of allylic oxidation sites excluding steroid dienone is 1.